The Kier molecular flexibility index (Phi) is 4.09. The number of hydrogen-bond donors (Lipinski definition) is 1. The fourth-order valence-electron chi connectivity index (χ4n) is 4.28. The molecule has 1 aromatic rings. The van der Waals surface area contributed by atoms with Crippen molar-refractivity contribution < 1.29 is 19.4 Å². The number of nitrogens with zero attached hydrogens (tertiary/aromatic N) is 3. The quantitative estimate of drug-likeness (QED) is 0.771. The molecule has 132 valence electrons. The summed E-state index contributed by atoms with van der Waals surface area (Å²) in [5.74, 6) is 0. The van der Waals surface area contributed by atoms with E-state index >= 15 is 0 Å². The predicted octanol–water partition coefficient (Wildman–Crippen LogP) is 2.22. The van der Waals surface area contributed by atoms with Crippen molar-refractivity contribution >= 4 is 22.0 Å². The highest BCUT2D eigenvalue weighted by molar-refractivity contribution is 9.09. The standard InChI is InChI=1S/C16H22BrN3O4/c1-23-13-12-10(7-18-20(12)11-8-24-9-11)6-16(14(13)17)2-4-19(5-3-16)15(21)22/h7,11,13-14H,2-6,8-9H2,1H3,(H,21,22). The minimum absolute atomic E-state index is 0.0175. The number of likely N-dealkylation sites (tertiary alicyclic amines) is 1. The number of piperidine rings is 1. The second-order valence-corrected chi connectivity index (χ2v) is 8.04. The summed E-state index contributed by atoms with van der Waals surface area (Å²) in [5.41, 5.74) is 2.40. The van der Waals surface area contributed by atoms with Crippen molar-refractivity contribution in [3.05, 3.63) is 17.5 Å². The Morgan fingerprint density at radius 1 is 1.46 bits per heavy atom. The van der Waals surface area contributed by atoms with Gasteiger partial charge in [0.1, 0.15) is 6.10 Å². The number of hydrogen-bond acceptors (Lipinski definition) is 4. The van der Waals surface area contributed by atoms with Gasteiger partial charge < -0.3 is 19.5 Å². The summed E-state index contributed by atoms with van der Waals surface area (Å²) in [6.45, 7) is 2.56. The minimum atomic E-state index is -0.825. The minimum Gasteiger partial charge on any atom is -0.465 e. The number of fused-ring (bicyclic) bond motifs is 1. The van der Waals surface area contributed by atoms with E-state index in [1.807, 2.05) is 6.20 Å². The third-order valence-electron chi connectivity index (χ3n) is 5.83. The van der Waals surface area contributed by atoms with E-state index in [1.54, 1.807) is 7.11 Å². The third-order valence-corrected chi connectivity index (χ3v) is 7.28. The lowest BCUT2D eigenvalue weighted by Gasteiger charge is -2.49. The zero-order chi connectivity index (χ0) is 16.9. The molecule has 0 aromatic carbocycles. The number of carboxylic acid groups (broad SMARTS) is 1. The van der Waals surface area contributed by atoms with Gasteiger partial charge in [0.05, 0.1) is 36.0 Å². The maximum atomic E-state index is 11.2. The van der Waals surface area contributed by atoms with Crippen LogP contribution in [0.15, 0.2) is 6.20 Å². The van der Waals surface area contributed by atoms with Crippen LogP contribution in [0.2, 0.25) is 0 Å². The molecule has 1 aliphatic carbocycles. The first-order valence-corrected chi connectivity index (χ1v) is 9.26. The molecule has 2 unspecified atom stereocenters. The van der Waals surface area contributed by atoms with Crippen molar-refractivity contribution in [2.45, 2.75) is 36.2 Å². The molecule has 0 radical (unpaired) electrons. The molecule has 24 heavy (non-hydrogen) atoms. The number of aromatic nitrogens is 2. The molecule has 3 aliphatic rings. The molecular formula is C16H22BrN3O4. The van der Waals surface area contributed by atoms with Crippen LogP contribution in [0.5, 0.6) is 0 Å². The van der Waals surface area contributed by atoms with Gasteiger partial charge in [-0.1, -0.05) is 15.9 Å². The zero-order valence-electron chi connectivity index (χ0n) is 13.7. The first kappa shape index (κ1) is 16.4. The molecule has 2 aliphatic heterocycles. The van der Waals surface area contributed by atoms with Crippen LogP contribution in [0.4, 0.5) is 4.79 Å². The van der Waals surface area contributed by atoms with Crippen LogP contribution in [-0.2, 0) is 15.9 Å². The highest BCUT2D eigenvalue weighted by Gasteiger charge is 2.50. The van der Waals surface area contributed by atoms with Gasteiger partial charge in [0, 0.05) is 20.2 Å². The van der Waals surface area contributed by atoms with Gasteiger partial charge >= 0.3 is 6.09 Å². The largest absolute Gasteiger partial charge is 0.465 e. The molecule has 4 rings (SSSR count). The van der Waals surface area contributed by atoms with E-state index in [-0.39, 0.29) is 16.3 Å². The van der Waals surface area contributed by atoms with Crippen molar-refractivity contribution in [2.24, 2.45) is 5.41 Å². The zero-order valence-corrected chi connectivity index (χ0v) is 15.2. The average Bonchev–Trinajstić information content (AvgIpc) is 2.90. The molecule has 2 saturated heterocycles. The van der Waals surface area contributed by atoms with E-state index < -0.39 is 6.09 Å². The van der Waals surface area contributed by atoms with Crippen LogP contribution in [0.25, 0.3) is 0 Å². The molecule has 2 fully saturated rings. The van der Waals surface area contributed by atoms with Gasteiger partial charge in [-0.25, -0.2) is 4.79 Å². The number of carbonyl (C=O) groups is 1. The van der Waals surface area contributed by atoms with Crippen molar-refractivity contribution in [1.82, 2.24) is 14.7 Å². The van der Waals surface area contributed by atoms with E-state index in [9.17, 15) is 9.90 Å². The molecule has 8 heteroatoms. The summed E-state index contributed by atoms with van der Waals surface area (Å²) in [5, 5.41) is 13.8. The molecule has 0 saturated carbocycles. The van der Waals surface area contributed by atoms with Gasteiger partial charge in [0.2, 0.25) is 0 Å². The Bertz CT molecular complexity index is 637. The molecule has 3 heterocycles. The average molecular weight is 400 g/mol. The Labute approximate surface area is 149 Å². The summed E-state index contributed by atoms with van der Waals surface area (Å²) in [6, 6.07) is 0.300. The Hall–Kier alpha value is -1.12. The molecule has 2 atom stereocenters. The second-order valence-electron chi connectivity index (χ2n) is 7.06. The van der Waals surface area contributed by atoms with Gasteiger partial charge in [-0.3, -0.25) is 4.68 Å². The monoisotopic (exact) mass is 399 g/mol. The maximum absolute atomic E-state index is 11.2. The number of ether oxygens (including phenoxy) is 2. The predicted molar refractivity (Wildman–Crippen MR) is 89.5 cm³/mol. The van der Waals surface area contributed by atoms with Crippen molar-refractivity contribution in [3.63, 3.8) is 0 Å². The molecule has 1 aromatic heterocycles. The normalized spacial score (nSPS) is 29.3. The number of amides is 1. The summed E-state index contributed by atoms with van der Waals surface area (Å²) >= 11 is 3.91. The highest BCUT2D eigenvalue weighted by atomic mass is 79.9. The summed E-state index contributed by atoms with van der Waals surface area (Å²) < 4.78 is 13.3. The van der Waals surface area contributed by atoms with Crippen LogP contribution >= 0.6 is 15.9 Å². The van der Waals surface area contributed by atoms with Crippen LogP contribution in [0, 0.1) is 5.41 Å². The SMILES string of the molecule is COC1c2c(cnn2C2COC2)CC2(CCN(C(=O)O)CC2)C1Br. The van der Waals surface area contributed by atoms with E-state index in [2.05, 4.69) is 25.7 Å². The van der Waals surface area contributed by atoms with Crippen LogP contribution in [-0.4, -0.2) is 64.1 Å². The number of halogens is 1. The van der Waals surface area contributed by atoms with Gasteiger partial charge in [-0.05, 0) is 30.2 Å². The van der Waals surface area contributed by atoms with Crippen molar-refractivity contribution in [2.75, 3.05) is 33.4 Å². The van der Waals surface area contributed by atoms with Gasteiger partial charge in [-0.2, -0.15) is 5.10 Å². The highest BCUT2D eigenvalue weighted by Crippen LogP contribution is 2.52. The summed E-state index contributed by atoms with van der Waals surface area (Å²) in [7, 11) is 1.74. The lowest BCUT2D eigenvalue weighted by Crippen LogP contribution is -2.51. The van der Waals surface area contributed by atoms with Crippen molar-refractivity contribution in [3.8, 4) is 0 Å². The van der Waals surface area contributed by atoms with Gasteiger partial charge in [-0.15, -0.1) is 0 Å². The number of rotatable bonds is 2. The Balaban J connectivity index is 1.64. The molecule has 7 nitrogen and oxygen atoms in total. The fraction of sp³-hybridized carbons (Fsp3) is 0.750. The van der Waals surface area contributed by atoms with Crippen LogP contribution < -0.4 is 0 Å². The van der Waals surface area contributed by atoms with E-state index in [1.165, 1.54) is 10.5 Å². The van der Waals surface area contributed by atoms with Gasteiger partial charge in [0.25, 0.3) is 0 Å². The lowest BCUT2D eigenvalue weighted by molar-refractivity contribution is -0.0384. The maximum Gasteiger partial charge on any atom is 0.407 e. The Morgan fingerprint density at radius 3 is 2.71 bits per heavy atom. The van der Waals surface area contributed by atoms with Crippen LogP contribution in [0.1, 0.15) is 36.2 Å². The van der Waals surface area contributed by atoms with E-state index in [0.29, 0.717) is 32.3 Å². The molecule has 1 N–H and O–H groups in total. The molecular weight excluding hydrogens is 378 g/mol. The lowest BCUT2D eigenvalue weighted by atomic mass is 9.66. The first-order valence-electron chi connectivity index (χ1n) is 8.34. The van der Waals surface area contributed by atoms with Gasteiger partial charge in [0.15, 0.2) is 0 Å². The fourth-order valence-corrected chi connectivity index (χ4v) is 5.36. The first-order chi connectivity index (χ1) is 11.6. The third kappa shape index (κ3) is 2.38. The molecule has 0 bridgehead atoms. The van der Waals surface area contributed by atoms with Crippen molar-refractivity contribution in [1.29, 1.82) is 0 Å². The van der Waals surface area contributed by atoms with E-state index in [4.69, 9.17) is 9.47 Å². The Morgan fingerprint density at radius 2 is 2.17 bits per heavy atom. The summed E-state index contributed by atoms with van der Waals surface area (Å²) in [4.78, 5) is 12.9. The second kappa shape index (κ2) is 6.00. The summed E-state index contributed by atoms with van der Waals surface area (Å²) in [6.07, 6.45) is 3.66. The smallest absolute Gasteiger partial charge is 0.407 e. The van der Waals surface area contributed by atoms with Crippen LogP contribution in [0.3, 0.4) is 0 Å². The topological polar surface area (TPSA) is 76.8 Å². The molecule has 1 amide bonds. The van der Waals surface area contributed by atoms with E-state index in [0.717, 1.165) is 25.0 Å². The molecule has 1 spiro atoms. The number of alkyl halides is 1. The number of methoxy groups -OCH3 is 1.